The molecule has 0 aliphatic carbocycles. The van der Waals surface area contributed by atoms with Crippen molar-refractivity contribution in [2.45, 2.75) is 19.4 Å². The van der Waals surface area contributed by atoms with Crippen molar-refractivity contribution in [2.24, 2.45) is 0 Å². The van der Waals surface area contributed by atoms with Gasteiger partial charge in [-0.05, 0) is 37.1 Å². The Bertz CT molecular complexity index is 865. The minimum Gasteiger partial charge on any atom is -0.335 e. The highest BCUT2D eigenvalue weighted by atomic mass is 32.2. The SMILES string of the molecule is C[C@@H](c1ccccc1)N(C)C(=O)c1cccc(N2CCCS2(=O)=O)c1. The van der Waals surface area contributed by atoms with Crippen LogP contribution in [0.5, 0.6) is 0 Å². The van der Waals surface area contributed by atoms with Gasteiger partial charge in [-0.2, -0.15) is 0 Å². The monoisotopic (exact) mass is 358 g/mol. The summed E-state index contributed by atoms with van der Waals surface area (Å²) in [5.74, 6) is 0.0330. The third-order valence-electron chi connectivity index (χ3n) is 4.66. The van der Waals surface area contributed by atoms with Crippen LogP contribution in [-0.2, 0) is 10.0 Å². The van der Waals surface area contributed by atoms with Crippen LogP contribution in [0, 0.1) is 0 Å². The number of anilines is 1. The van der Waals surface area contributed by atoms with Crippen LogP contribution in [0.2, 0.25) is 0 Å². The first kappa shape index (κ1) is 17.5. The number of amides is 1. The van der Waals surface area contributed by atoms with Gasteiger partial charge in [0.25, 0.3) is 5.91 Å². The van der Waals surface area contributed by atoms with E-state index in [4.69, 9.17) is 0 Å². The van der Waals surface area contributed by atoms with Crippen LogP contribution in [0.25, 0.3) is 0 Å². The predicted octanol–water partition coefficient (Wildman–Crippen LogP) is 3.06. The molecule has 2 aromatic carbocycles. The Morgan fingerprint density at radius 1 is 1.12 bits per heavy atom. The lowest BCUT2D eigenvalue weighted by atomic mass is 10.1. The Labute approximate surface area is 148 Å². The zero-order chi connectivity index (χ0) is 18.0. The smallest absolute Gasteiger partial charge is 0.254 e. The minimum atomic E-state index is -3.25. The highest BCUT2D eigenvalue weighted by Gasteiger charge is 2.29. The molecule has 1 amide bonds. The first-order chi connectivity index (χ1) is 11.9. The molecule has 0 radical (unpaired) electrons. The van der Waals surface area contributed by atoms with Crippen LogP contribution in [-0.4, -0.2) is 38.6 Å². The Hall–Kier alpha value is -2.34. The van der Waals surface area contributed by atoms with Gasteiger partial charge < -0.3 is 4.90 Å². The van der Waals surface area contributed by atoms with E-state index in [0.717, 1.165) is 5.56 Å². The second kappa shape index (κ2) is 6.88. The molecule has 0 unspecified atom stereocenters. The average Bonchev–Trinajstić information content (AvgIpc) is 2.99. The van der Waals surface area contributed by atoms with E-state index in [0.29, 0.717) is 24.2 Å². The van der Waals surface area contributed by atoms with Gasteiger partial charge in [-0.1, -0.05) is 36.4 Å². The number of carbonyl (C=O) groups excluding carboxylic acids is 1. The summed E-state index contributed by atoms with van der Waals surface area (Å²) in [7, 11) is -1.49. The second-order valence-electron chi connectivity index (χ2n) is 6.29. The summed E-state index contributed by atoms with van der Waals surface area (Å²) in [6, 6.07) is 16.6. The molecule has 0 N–H and O–H groups in total. The minimum absolute atomic E-state index is 0.0760. The normalized spacial score (nSPS) is 17.3. The van der Waals surface area contributed by atoms with Crippen molar-refractivity contribution in [2.75, 3.05) is 23.7 Å². The van der Waals surface area contributed by atoms with E-state index in [1.54, 1.807) is 36.2 Å². The van der Waals surface area contributed by atoms with Crippen LogP contribution in [0.1, 0.15) is 35.3 Å². The fraction of sp³-hybridized carbons (Fsp3) is 0.316. The zero-order valence-corrected chi connectivity index (χ0v) is 15.2. The molecule has 0 bridgehead atoms. The largest absolute Gasteiger partial charge is 0.335 e. The number of sulfonamides is 1. The summed E-state index contributed by atoms with van der Waals surface area (Å²) in [6.45, 7) is 2.44. The Morgan fingerprint density at radius 2 is 1.84 bits per heavy atom. The summed E-state index contributed by atoms with van der Waals surface area (Å²) in [5, 5.41) is 0. The van der Waals surface area contributed by atoms with Crippen molar-refractivity contribution in [1.82, 2.24) is 4.90 Å². The zero-order valence-electron chi connectivity index (χ0n) is 14.4. The molecule has 0 saturated carbocycles. The molecule has 1 fully saturated rings. The molecule has 132 valence electrons. The molecule has 1 saturated heterocycles. The van der Waals surface area contributed by atoms with Crippen molar-refractivity contribution in [3.05, 3.63) is 65.7 Å². The highest BCUT2D eigenvalue weighted by Crippen LogP contribution is 2.26. The molecule has 2 aromatic rings. The van der Waals surface area contributed by atoms with Crippen LogP contribution in [0.4, 0.5) is 5.69 Å². The van der Waals surface area contributed by atoms with Gasteiger partial charge >= 0.3 is 0 Å². The standard InChI is InChI=1S/C19H22N2O3S/c1-15(16-8-4-3-5-9-16)20(2)19(22)17-10-6-11-18(14-17)21-12-7-13-25(21,23)24/h3-6,8-11,14-15H,7,12-13H2,1-2H3/t15-/m0/s1. The quantitative estimate of drug-likeness (QED) is 0.844. The molecular formula is C19H22N2O3S. The topological polar surface area (TPSA) is 57.7 Å². The Balaban J connectivity index is 1.84. The number of rotatable bonds is 4. The lowest BCUT2D eigenvalue weighted by Crippen LogP contribution is -2.30. The van der Waals surface area contributed by atoms with Crippen molar-refractivity contribution < 1.29 is 13.2 Å². The van der Waals surface area contributed by atoms with Gasteiger partial charge in [0.1, 0.15) is 0 Å². The molecule has 6 heteroatoms. The third kappa shape index (κ3) is 3.54. The van der Waals surface area contributed by atoms with Gasteiger partial charge in [0.2, 0.25) is 10.0 Å². The number of carbonyl (C=O) groups is 1. The molecule has 5 nitrogen and oxygen atoms in total. The van der Waals surface area contributed by atoms with Crippen molar-refractivity contribution in [1.29, 1.82) is 0 Å². The van der Waals surface area contributed by atoms with Crippen molar-refractivity contribution >= 4 is 21.6 Å². The lowest BCUT2D eigenvalue weighted by Gasteiger charge is -2.26. The van der Waals surface area contributed by atoms with Crippen LogP contribution in [0.15, 0.2) is 54.6 Å². The van der Waals surface area contributed by atoms with E-state index < -0.39 is 10.0 Å². The summed E-state index contributed by atoms with van der Waals surface area (Å²) >= 11 is 0. The van der Waals surface area contributed by atoms with E-state index in [1.807, 2.05) is 37.3 Å². The van der Waals surface area contributed by atoms with E-state index in [2.05, 4.69) is 0 Å². The van der Waals surface area contributed by atoms with Gasteiger partial charge in [-0.15, -0.1) is 0 Å². The van der Waals surface area contributed by atoms with E-state index >= 15 is 0 Å². The number of hydrogen-bond acceptors (Lipinski definition) is 3. The molecule has 1 aliphatic heterocycles. The third-order valence-corrected chi connectivity index (χ3v) is 6.53. The molecule has 1 aliphatic rings. The Morgan fingerprint density at radius 3 is 2.48 bits per heavy atom. The van der Waals surface area contributed by atoms with Gasteiger partial charge in [-0.25, -0.2) is 8.42 Å². The number of benzene rings is 2. The summed E-state index contributed by atoms with van der Waals surface area (Å²) in [6.07, 6.45) is 0.617. The van der Waals surface area contributed by atoms with E-state index in [-0.39, 0.29) is 17.7 Å². The van der Waals surface area contributed by atoms with E-state index in [9.17, 15) is 13.2 Å². The van der Waals surface area contributed by atoms with Gasteiger partial charge in [-0.3, -0.25) is 9.10 Å². The second-order valence-corrected chi connectivity index (χ2v) is 8.31. The first-order valence-electron chi connectivity index (χ1n) is 8.33. The van der Waals surface area contributed by atoms with Gasteiger partial charge in [0.05, 0.1) is 17.5 Å². The maximum absolute atomic E-state index is 12.8. The first-order valence-corrected chi connectivity index (χ1v) is 9.93. The number of nitrogens with zero attached hydrogens (tertiary/aromatic N) is 2. The summed E-state index contributed by atoms with van der Waals surface area (Å²) < 4.78 is 25.6. The highest BCUT2D eigenvalue weighted by molar-refractivity contribution is 7.93. The predicted molar refractivity (Wildman–Crippen MR) is 99.1 cm³/mol. The molecule has 1 heterocycles. The maximum atomic E-state index is 12.8. The molecule has 3 rings (SSSR count). The van der Waals surface area contributed by atoms with E-state index in [1.165, 1.54) is 4.31 Å². The van der Waals surface area contributed by atoms with Crippen molar-refractivity contribution in [3.8, 4) is 0 Å². The van der Waals surface area contributed by atoms with Gasteiger partial charge in [0, 0.05) is 19.2 Å². The maximum Gasteiger partial charge on any atom is 0.254 e. The van der Waals surface area contributed by atoms with Crippen LogP contribution in [0.3, 0.4) is 0 Å². The average molecular weight is 358 g/mol. The fourth-order valence-corrected chi connectivity index (χ4v) is 4.61. The van der Waals surface area contributed by atoms with Crippen molar-refractivity contribution in [3.63, 3.8) is 0 Å². The molecule has 1 atom stereocenters. The number of hydrogen-bond donors (Lipinski definition) is 0. The van der Waals surface area contributed by atoms with Gasteiger partial charge in [0.15, 0.2) is 0 Å². The molecule has 0 spiro atoms. The summed E-state index contributed by atoms with van der Waals surface area (Å²) in [4.78, 5) is 14.5. The Kier molecular flexibility index (Phi) is 4.81. The fourth-order valence-electron chi connectivity index (χ4n) is 3.06. The van der Waals surface area contributed by atoms with Crippen LogP contribution < -0.4 is 4.31 Å². The molecule has 0 aromatic heterocycles. The molecular weight excluding hydrogens is 336 g/mol. The summed E-state index contributed by atoms with van der Waals surface area (Å²) in [5.41, 5.74) is 2.10. The lowest BCUT2D eigenvalue weighted by molar-refractivity contribution is 0.0742. The molecule has 25 heavy (non-hydrogen) atoms. The van der Waals surface area contributed by atoms with Crippen LogP contribution >= 0.6 is 0 Å².